The minimum absolute atomic E-state index is 0.181. The number of carboxylic acid groups (broad SMARTS) is 1. The quantitative estimate of drug-likeness (QED) is 0.828. The Balaban J connectivity index is 2.31. The van der Waals surface area contributed by atoms with Crippen LogP contribution in [0.2, 0.25) is 0 Å². The second kappa shape index (κ2) is 3.04. The first-order valence-corrected chi connectivity index (χ1v) is 5.22. The van der Waals surface area contributed by atoms with E-state index in [0.29, 0.717) is 11.4 Å². The van der Waals surface area contributed by atoms with Gasteiger partial charge in [0.2, 0.25) is 0 Å². The third-order valence-electron chi connectivity index (χ3n) is 3.00. The molecule has 1 fully saturated rings. The van der Waals surface area contributed by atoms with Crippen molar-refractivity contribution in [1.29, 1.82) is 0 Å². The van der Waals surface area contributed by atoms with Crippen molar-refractivity contribution in [3.8, 4) is 0 Å². The molecule has 16 heavy (non-hydrogen) atoms. The summed E-state index contributed by atoms with van der Waals surface area (Å²) in [4.78, 5) is 19.4. The van der Waals surface area contributed by atoms with Crippen molar-refractivity contribution in [2.45, 2.75) is 18.8 Å². The molecule has 0 bridgehead atoms. The zero-order chi connectivity index (χ0) is 11.3. The van der Waals surface area contributed by atoms with E-state index < -0.39 is 5.97 Å². The predicted molar refractivity (Wildman–Crippen MR) is 57.4 cm³/mol. The largest absolute Gasteiger partial charge is 0.478 e. The van der Waals surface area contributed by atoms with Crippen molar-refractivity contribution in [3.63, 3.8) is 0 Å². The summed E-state index contributed by atoms with van der Waals surface area (Å²) < 4.78 is 1.95. The Morgan fingerprint density at radius 2 is 2.25 bits per heavy atom. The third-order valence-corrected chi connectivity index (χ3v) is 3.00. The number of rotatable bonds is 2. The molecule has 1 N–H and O–H groups in total. The number of fused-ring (bicyclic) bond motifs is 1. The fourth-order valence-electron chi connectivity index (χ4n) is 1.98. The molecule has 2 aromatic rings. The van der Waals surface area contributed by atoms with Gasteiger partial charge in [0.05, 0.1) is 11.7 Å². The molecule has 0 aliphatic heterocycles. The van der Waals surface area contributed by atoms with E-state index in [1.807, 2.05) is 11.6 Å². The van der Waals surface area contributed by atoms with Gasteiger partial charge in [0, 0.05) is 19.2 Å². The van der Waals surface area contributed by atoms with Gasteiger partial charge in [-0.3, -0.25) is 4.98 Å². The molecular formula is C11H11N3O2. The van der Waals surface area contributed by atoms with Crippen molar-refractivity contribution >= 4 is 17.0 Å². The topological polar surface area (TPSA) is 68.0 Å². The monoisotopic (exact) mass is 217 g/mol. The molecule has 0 spiro atoms. The van der Waals surface area contributed by atoms with Crippen LogP contribution in [0.15, 0.2) is 12.4 Å². The highest BCUT2D eigenvalue weighted by Crippen LogP contribution is 2.40. The van der Waals surface area contributed by atoms with E-state index in [2.05, 4.69) is 9.97 Å². The molecule has 1 aliphatic carbocycles. The standard InChI is InChI=1S/C11H11N3O2/c1-14-8-5-12-4-7(11(15)16)9(8)13-10(14)6-2-3-6/h4-6H,2-3H2,1H3,(H,15,16). The molecule has 1 saturated carbocycles. The molecule has 0 saturated heterocycles. The second-order valence-electron chi connectivity index (χ2n) is 4.16. The Kier molecular flexibility index (Phi) is 1.77. The van der Waals surface area contributed by atoms with Crippen molar-refractivity contribution < 1.29 is 9.90 Å². The maximum Gasteiger partial charge on any atom is 0.339 e. The van der Waals surface area contributed by atoms with Crippen LogP contribution in [0.1, 0.15) is 34.9 Å². The summed E-state index contributed by atoms with van der Waals surface area (Å²) in [6, 6.07) is 0. The van der Waals surface area contributed by atoms with Crippen LogP contribution in [-0.4, -0.2) is 25.6 Å². The van der Waals surface area contributed by atoms with Crippen molar-refractivity contribution in [2.24, 2.45) is 7.05 Å². The minimum Gasteiger partial charge on any atom is -0.478 e. The van der Waals surface area contributed by atoms with Gasteiger partial charge in [0.25, 0.3) is 0 Å². The molecule has 0 radical (unpaired) electrons. The fourth-order valence-corrected chi connectivity index (χ4v) is 1.98. The normalized spacial score (nSPS) is 15.6. The lowest BCUT2D eigenvalue weighted by Crippen LogP contribution is -1.98. The van der Waals surface area contributed by atoms with Crippen LogP contribution in [0.5, 0.6) is 0 Å². The van der Waals surface area contributed by atoms with E-state index in [1.54, 1.807) is 6.20 Å². The summed E-state index contributed by atoms with van der Waals surface area (Å²) >= 11 is 0. The van der Waals surface area contributed by atoms with Gasteiger partial charge in [-0.15, -0.1) is 0 Å². The fraction of sp³-hybridized carbons (Fsp3) is 0.364. The number of aromatic carboxylic acids is 1. The molecule has 0 aromatic carbocycles. The van der Waals surface area contributed by atoms with Gasteiger partial charge in [0.1, 0.15) is 16.9 Å². The average Bonchev–Trinajstić information content (AvgIpc) is 3.04. The Morgan fingerprint density at radius 1 is 1.50 bits per heavy atom. The maximum absolute atomic E-state index is 11.0. The van der Waals surface area contributed by atoms with Gasteiger partial charge in [-0.2, -0.15) is 0 Å². The number of imidazole rings is 1. The Hall–Kier alpha value is -1.91. The van der Waals surface area contributed by atoms with Gasteiger partial charge in [-0.1, -0.05) is 0 Å². The van der Waals surface area contributed by atoms with Crippen molar-refractivity contribution in [2.75, 3.05) is 0 Å². The Bertz CT molecular complexity index is 584. The van der Waals surface area contributed by atoms with Gasteiger partial charge in [-0.25, -0.2) is 9.78 Å². The Morgan fingerprint density at radius 3 is 2.88 bits per heavy atom. The van der Waals surface area contributed by atoms with E-state index in [-0.39, 0.29) is 5.56 Å². The summed E-state index contributed by atoms with van der Waals surface area (Å²) in [5.74, 6) is 0.503. The van der Waals surface area contributed by atoms with E-state index >= 15 is 0 Å². The number of carbonyl (C=O) groups is 1. The number of hydrogen-bond donors (Lipinski definition) is 1. The minimum atomic E-state index is -0.974. The van der Waals surface area contributed by atoms with Crippen LogP contribution >= 0.6 is 0 Å². The number of pyridine rings is 1. The molecule has 3 rings (SSSR count). The molecule has 5 heteroatoms. The van der Waals surface area contributed by atoms with Crippen LogP contribution in [0.4, 0.5) is 0 Å². The SMILES string of the molecule is Cn1c(C2CC2)nc2c(C(=O)O)cncc21. The van der Waals surface area contributed by atoms with Crippen LogP contribution in [0, 0.1) is 0 Å². The molecule has 1 aliphatic rings. The van der Waals surface area contributed by atoms with Crippen LogP contribution in [0.3, 0.4) is 0 Å². The highest BCUT2D eigenvalue weighted by Gasteiger charge is 2.29. The van der Waals surface area contributed by atoms with E-state index in [9.17, 15) is 4.79 Å². The zero-order valence-corrected chi connectivity index (χ0v) is 8.84. The van der Waals surface area contributed by atoms with Crippen molar-refractivity contribution in [1.82, 2.24) is 14.5 Å². The van der Waals surface area contributed by atoms with E-state index in [0.717, 1.165) is 24.2 Å². The molecule has 2 heterocycles. The van der Waals surface area contributed by atoms with E-state index in [4.69, 9.17) is 5.11 Å². The second-order valence-corrected chi connectivity index (χ2v) is 4.16. The summed E-state index contributed by atoms with van der Waals surface area (Å²) in [6.45, 7) is 0. The highest BCUT2D eigenvalue weighted by molar-refractivity contribution is 6.00. The molecule has 0 unspecified atom stereocenters. The number of aromatic nitrogens is 3. The summed E-state index contributed by atoms with van der Waals surface area (Å²) in [5, 5.41) is 9.05. The molecule has 0 amide bonds. The third kappa shape index (κ3) is 1.21. The predicted octanol–water partition coefficient (Wildman–Crippen LogP) is 1.54. The van der Waals surface area contributed by atoms with Gasteiger partial charge < -0.3 is 9.67 Å². The Labute approximate surface area is 91.7 Å². The molecule has 0 atom stereocenters. The highest BCUT2D eigenvalue weighted by atomic mass is 16.4. The zero-order valence-electron chi connectivity index (χ0n) is 8.84. The molecule has 82 valence electrons. The lowest BCUT2D eigenvalue weighted by molar-refractivity contribution is 0.0698. The lowest BCUT2D eigenvalue weighted by atomic mass is 10.2. The van der Waals surface area contributed by atoms with Gasteiger partial charge in [-0.05, 0) is 12.8 Å². The summed E-state index contributed by atoms with van der Waals surface area (Å²) in [7, 11) is 1.91. The average molecular weight is 217 g/mol. The molecule has 5 nitrogen and oxygen atoms in total. The van der Waals surface area contributed by atoms with Crippen molar-refractivity contribution in [3.05, 3.63) is 23.8 Å². The smallest absolute Gasteiger partial charge is 0.339 e. The number of carboxylic acids is 1. The lowest BCUT2D eigenvalue weighted by Gasteiger charge is -1.98. The molecular weight excluding hydrogens is 206 g/mol. The van der Waals surface area contributed by atoms with Crippen LogP contribution in [0.25, 0.3) is 11.0 Å². The molecule has 2 aromatic heterocycles. The first-order chi connectivity index (χ1) is 7.68. The number of hydrogen-bond acceptors (Lipinski definition) is 3. The summed E-state index contributed by atoms with van der Waals surface area (Å²) in [5.41, 5.74) is 1.52. The maximum atomic E-state index is 11.0. The van der Waals surface area contributed by atoms with Gasteiger partial charge in [0.15, 0.2) is 0 Å². The first kappa shape index (κ1) is 9.33. The first-order valence-electron chi connectivity index (χ1n) is 5.22. The van der Waals surface area contributed by atoms with Gasteiger partial charge >= 0.3 is 5.97 Å². The van der Waals surface area contributed by atoms with Crippen LogP contribution < -0.4 is 0 Å². The van der Waals surface area contributed by atoms with E-state index in [1.165, 1.54) is 6.20 Å². The number of aryl methyl sites for hydroxylation is 1. The number of nitrogens with zero attached hydrogens (tertiary/aromatic N) is 3. The summed E-state index contributed by atoms with van der Waals surface area (Å²) in [6.07, 6.45) is 5.31. The van der Waals surface area contributed by atoms with Crippen LogP contribution in [-0.2, 0) is 7.05 Å².